The Morgan fingerprint density at radius 1 is 0.315 bits per heavy atom. The summed E-state index contributed by atoms with van der Waals surface area (Å²) in [5, 5.41) is 5.06. The topological polar surface area (TPSA) is 3.24 Å². The molecule has 0 fully saturated rings. The van der Waals surface area contributed by atoms with Gasteiger partial charge in [0.1, 0.15) is 0 Å². The minimum atomic E-state index is 1.11. The first-order valence-corrected chi connectivity index (χ1v) is 19.2. The number of anilines is 3. The number of nitrogens with zero attached hydrogens (tertiary/aromatic N) is 1. The zero-order valence-corrected chi connectivity index (χ0v) is 30.4. The van der Waals surface area contributed by atoms with Crippen LogP contribution in [0.25, 0.3) is 75.5 Å². The maximum atomic E-state index is 2.44. The third-order valence-electron chi connectivity index (χ3n) is 10.5. The second-order valence-electron chi connectivity index (χ2n) is 13.7. The van der Waals surface area contributed by atoms with E-state index < -0.39 is 0 Å². The summed E-state index contributed by atoms with van der Waals surface area (Å²) in [6, 6.07) is 77.2. The van der Waals surface area contributed by atoms with E-state index in [0.29, 0.717) is 0 Å². The van der Waals surface area contributed by atoms with Crippen LogP contribution < -0.4 is 4.90 Å². The first kappa shape index (κ1) is 32.0. The third kappa shape index (κ3) is 5.65. The molecule has 0 aliphatic heterocycles. The Balaban J connectivity index is 1.18. The largest absolute Gasteiger partial charge is 0.310 e. The molecule has 0 saturated heterocycles. The van der Waals surface area contributed by atoms with Crippen LogP contribution in [-0.2, 0) is 0 Å². The van der Waals surface area contributed by atoms with Crippen molar-refractivity contribution in [1.29, 1.82) is 0 Å². The number of benzene rings is 9. The van der Waals surface area contributed by atoms with E-state index >= 15 is 0 Å². The van der Waals surface area contributed by atoms with Gasteiger partial charge in [0, 0.05) is 37.1 Å². The molecule has 10 rings (SSSR count). The Kier molecular flexibility index (Phi) is 8.09. The van der Waals surface area contributed by atoms with Crippen LogP contribution in [0.15, 0.2) is 212 Å². The lowest BCUT2D eigenvalue weighted by Crippen LogP contribution is -2.11. The van der Waals surface area contributed by atoms with Crippen molar-refractivity contribution in [2.45, 2.75) is 0 Å². The van der Waals surface area contributed by atoms with Crippen LogP contribution in [0.3, 0.4) is 0 Å². The van der Waals surface area contributed by atoms with Crippen molar-refractivity contribution in [1.82, 2.24) is 0 Å². The van der Waals surface area contributed by atoms with Gasteiger partial charge in [0.05, 0.1) is 5.69 Å². The maximum absolute atomic E-state index is 2.44. The van der Waals surface area contributed by atoms with Gasteiger partial charge < -0.3 is 4.90 Å². The molecule has 0 N–H and O–H groups in total. The second kappa shape index (κ2) is 13.7. The summed E-state index contributed by atoms with van der Waals surface area (Å²) in [5.41, 5.74) is 13.0. The standard InChI is InChI=1S/C52H35NS/c1-2-17-37(18-3-1)42-22-6-7-23-44(42)45-24-8-9-25-46(45)47-26-10-12-30-50(47)53(41-33-32-36-16-4-5-19-38(36)34-41)40-21-14-20-39(35-40)43-28-15-29-49-48-27-11-13-31-51(48)54-52(43)49/h1-35H. The smallest absolute Gasteiger partial charge is 0.0540 e. The zero-order chi connectivity index (χ0) is 35.8. The van der Waals surface area contributed by atoms with E-state index in [9.17, 15) is 0 Å². The van der Waals surface area contributed by atoms with Crippen molar-refractivity contribution in [3.05, 3.63) is 212 Å². The van der Waals surface area contributed by atoms with E-state index in [0.717, 1.165) is 17.1 Å². The third-order valence-corrected chi connectivity index (χ3v) is 11.7. The Bertz CT molecular complexity index is 2960. The van der Waals surface area contributed by atoms with Crippen LogP contribution in [0.2, 0.25) is 0 Å². The fourth-order valence-electron chi connectivity index (χ4n) is 7.97. The molecule has 10 aromatic rings. The van der Waals surface area contributed by atoms with E-state index in [1.54, 1.807) is 0 Å². The van der Waals surface area contributed by atoms with Gasteiger partial charge in [0.25, 0.3) is 0 Å². The summed E-state index contributed by atoms with van der Waals surface area (Å²) in [4.78, 5) is 2.44. The molecule has 54 heavy (non-hydrogen) atoms. The molecule has 254 valence electrons. The highest BCUT2D eigenvalue weighted by atomic mass is 32.1. The first-order chi connectivity index (χ1) is 26.8. The maximum Gasteiger partial charge on any atom is 0.0540 e. The average molecular weight is 706 g/mol. The number of fused-ring (bicyclic) bond motifs is 4. The summed E-state index contributed by atoms with van der Waals surface area (Å²) in [7, 11) is 0. The number of para-hydroxylation sites is 1. The molecule has 0 radical (unpaired) electrons. The van der Waals surface area contributed by atoms with Gasteiger partial charge in [0.2, 0.25) is 0 Å². The van der Waals surface area contributed by atoms with Crippen molar-refractivity contribution >= 4 is 59.3 Å². The predicted octanol–water partition coefficient (Wildman–Crippen LogP) is 15.3. The van der Waals surface area contributed by atoms with E-state index in [1.165, 1.54) is 75.5 Å². The minimum Gasteiger partial charge on any atom is -0.310 e. The van der Waals surface area contributed by atoms with Crippen molar-refractivity contribution in [3.63, 3.8) is 0 Å². The van der Waals surface area contributed by atoms with Gasteiger partial charge >= 0.3 is 0 Å². The summed E-state index contributed by atoms with van der Waals surface area (Å²) in [6.07, 6.45) is 0. The van der Waals surface area contributed by atoms with E-state index in [4.69, 9.17) is 0 Å². The highest BCUT2D eigenvalue weighted by Crippen LogP contribution is 2.47. The van der Waals surface area contributed by atoms with Gasteiger partial charge in [-0.25, -0.2) is 0 Å². The summed E-state index contributed by atoms with van der Waals surface area (Å²) >= 11 is 1.88. The molecular formula is C52H35NS. The van der Waals surface area contributed by atoms with Crippen LogP contribution in [0.4, 0.5) is 17.1 Å². The monoisotopic (exact) mass is 705 g/mol. The van der Waals surface area contributed by atoms with Crippen LogP contribution in [-0.4, -0.2) is 0 Å². The Morgan fingerprint density at radius 2 is 0.870 bits per heavy atom. The van der Waals surface area contributed by atoms with Gasteiger partial charge in [0.15, 0.2) is 0 Å². The predicted molar refractivity (Wildman–Crippen MR) is 233 cm³/mol. The zero-order valence-electron chi connectivity index (χ0n) is 29.6. The van der Waals surface area contributed by atoms with Crippen LogP contribution >= 0.6 is 11.3 Å². The molecule has 1 heterocycles. The second-order valence-corrected chi connectivity index (χ2v) is 14.7. The number of thiophene rings is 1. The normalized spacial score (nSPS) is 11.3. The molecule has 1 aromatic heterocycles. The average Bonchev–Trinajstić information content (AvgIpc) is 3.63. The fourth-order valence-corrected chi connectivity index (χ4v) is 9.21. The Morgan fingerprint density at radius 3 is 1.70 bits per heavy atom. The van der Waals surface area contributed by atoms with Gasteiger partial charge in [-0.05, 0) is 86.1 Å². The summed E-state index contributed by atoms with van der Waals surface area (Å²) < 4.78 is 2.63. The van der Waals surface area contributed by atoms with Gasteiger partial charge in [-0.3, -0.25) is 0 Å². The molecule has 0 amide bonds. The molecule has 9 aromatic carbocycles. The number of rotatable bonds is 7. The van der Waals surface area contributed by atoms with Gasteiger partial charge in [-0.15, -0.1) is 11.3 Å². The van der Waals surface area contributed by atoms with Crippen molar-refractivity contribution in [2.75, 3.05) is 4.90 Å². The summed E-state index contributed by atoms with van der Waals surface area (Å²) in [5.74, 6) is 0. The quantitative estimate of drug-likeness (QED) is 0.160. The van der Waals surface area contributed by atoms with Crippen molar-refractivity contribution in [2.24, 2.45) is 0 Å². The highest BCUT2D eigenvalue weighted by molar-refractivity contribution is 7.26. The first-order valence-electron chi connectivity index (χ1n) is 18.4. The lowest BCUT2D eigenvalue weighted by molar-refractivity contribution is 1.29. The molecule has 0 saturated carbocycles. The molecule has 0 bridgehead atoms. The molecule has 0 spiro atoms. The van der Waals surface area contributed by atoms with Gasteiger partial charge in [-0.2, -0.15) is 0 Å². The van der Waals surface area contributed by atoms with Crippen LogP contribution in [0, 0.1) is 0 Å². The molecule has 0 unspecified atom stereocenters. The van der Waals surface area contributed by atoms with E-state index in [-0.39, 0.29) is 0 Å². The minimum absolute atomic E-state index is 1.11. The van der Waals surface area contributed by atoms with Crippen LogP contribution in [0.1, 0.15) is 0 Å². The molecular weight excluding hydrogens is 671 g/mol. The van der Waals surface area contributed by atoms with E-state index in [1.807, 2.05) is 11.3 Å². The number of hydrogen-bond donors (Lipinski definition) is 0. The summed E-state index contributed by atoms with van der Waals surface area (Å²) in [6.45, 7) is 0. The van der Waals surface area contributed by atoms with Crippen LogP contribution in [0.5, 0.6) is 0 Å². The Hall–Kier alpha value is -6.74. The lowest BCUT2D eigenvalue weighted by Gasteiger charge is -2.29. The highest BCUT2D eigenvalue weighted by Gasteiger charge is 2.21. The molecule has 0 atom stereocenters. The van der Waals surface area contributed by atoms with Crippen molar-refractivity contribution < 1.29 is 0 Å². The molecule has 0 aliphatic carbocycles. The van der Waals surface area contributed by atoms with Crippen molar-refractivity contribution in [3.8, 4) is 44.5 Å². The Labute approximate surface area is 319 Å². The molecule has 1 nitrogen and oxygen atoms in total. The van der Waals surface area contributed by atoms with E-state index in [2.05, 4.69) is 217 Å². The molecule has 0 aliphatic rings. The molecule has 2 heteroatoms. The number of hydrogen-bond acceptors (Lipinski definition) is 2. The lowest BCUT2D eigenvalue weighted by atomic mass is 9.88. The SMILES string of the molecule is c1ccc(-c2ccccc2-c2ccccc2-c2ccccc2N(c2cccc(-c3cccc4c3sc3ccccc34)c2)c2ccc3ccccc3c2)cc1. The fraction of sp³-hybridized carbons (Fsp3) is 0. The van der Waals surface area contributed by atoms with Gasteiger partial charge in [-0.1, -0.05) is 176 Å².